The van der Waals surface area contributed by atoms with Crippen LogP contribution in [-0.2, 0) is 30.6 Å². The second-order valence-electron chi connectivity index (χ2n) is 9.07. The Morgan fingerprint density at radius 2 is 1.76 bits per heavy atom. The van der Waals surface area contributed by atoms with Crippen molar-refractivity contribution in [2.24, 2.45) is 5.92 Å². The zero-order valence-corrected chi connectivity index (χ0v) is 18.8. The Hall–Kier alpha value is -3.25. The quantitative estimate of drug-likeness (QED) is 0.595. The summed E-state index contributed by atoms with van der Waals surface area (Å²) in [5.41, 5.74) is 5.22. The highest BCUT2D eigenvalue weighted by atomic mass is 16.2. The van der Waals surface area contributed by atoms with Gasteiger partial charge in [0.1, 0.15) is 5.82 Å². The predicted molar refractivity (Wildman–Crippen MR) is 129 cm³/mol. The molecule has 3 aromatic rings. The molecule has 6 heteroatoms. The van der Waals surface area contributed by atoms with Gasteiger partial charge in [0.2, 0.25) is 5.91 Å². The number of hydrogen-bond donors (Lipinski definition) is 2. The van der Waals surface area contributed by atoms with Crippen LogP contribution in [0.3, 0.4) is 0 Å². The number of nitrogens with zero attached hydrogens (tertiary/aromatic N) is 2. The van der Waals surface area contributed by atoms with Crippen LogP contribution < -0.4 is 10.9 Å². The molecule has 1 atom stereocenters. The second kappa shape index (κ2) is 9.71. The molecule has 33 heavy (non-hydrogen) atoms. The van der Waals surface area contributed by atoms with Crippen molar-refractivity contribution < 1.29 is 4.79 Å². The summed E-state index contributed by atoms with van der Waals surface area (Å²) in [5.74, 6) is 0.617. The monoisotopic (exact) mass is 442 g/mol. The van der Waals surface area contributed by atoms with E-state index in [2.05, 4.69) is 39.5 Å². The fraction of sp³-hybridized carbons (Fsp3) is 0.370. The number of nitrogens with one attached hydrogen (secondary N) is 2. The van der Waals surface area contributed by atoms with Crippen LogP contribution in [-0.4, -0.2) is 40.4 Å². The van der Waals surface area contributed by atoms with Crippen molar-refractivity contribution in [3.63, 3.8) is 0 Å². The molecule has 1 aliphatic heterocycles. The summed E-state index contributed by atoms with van der Waals surface area (Å²) in [5, 5.41) is 3.14. The Balaban J connectivity index is 1.16. The van der Waals surface area contributed by atoms with Gasteiger partial charge in [-0.2, -0.15) is 0 Å². The van der Waals surface area contributed by atoms with Crippen LogP contribution in [0.25, 0.3) is 11.4 Å². The molecule has 5 rings (SSSR count). The number of amides is 1. The number of carbonyl (C=O) groups excluding carboxylic acids is 1. The first kappa shape index (κ1) is 21.6. The molecule has 0 bridgehead atoms. The minimum Gasteiger partial charge on any atom is -0.355 e. The van der Waals surface area contributed by atoms with Crippen molar-refractivity contribution in [1.29, 1.82) is 0 Å². The van der Waals surface area contributed by atoms with E-state index >= 15 is 0 Å². The Bertz CT molecular complexity index is 1190. The molecule has 1 amide bonds. The molecule has 0 saturated heterocycles. The third kappa shape index (κ3) is 4.91. The number of aryl methyl sites for hydroxylation is 1. The first-order valence-corrected chi connectivity index (χ1v) is 11.9. The van der Waals surface area contributed by atoms with Gasteiger partial charge in [-0.3, -0.25) is 14.5 Å². The van der Waals surface area contributed by atoms with Gasteiger partial charge in [0.05, 0.1) is 5.69 Å². The molecule has 2 aliphatic rings. The van der Waals surface area contributed by atoms with Crippen molar-refractivity contribution in [3.05, 3.63) is 87.3 Å². The summed E-state index contributed by atoms with van der Waals surface area (Å²) in [4.78, 5) is 35.7. The van der Waals surface area contributed by atoms with Gasteiger partial charge in [-0.15, -0.1) is 0 Å². The number of aromatic amines is 1. The number of benzene rings is 2. The van der Waals surface area contributed by atoms with Crippen molar-refractivity contribution >= 4 is 5.91 Å². The highest BCUT2D eigenvalue weighted by Crippen LogP contribution is 2.24. The summed E-state index contributed by atoms with van der Waals surface area (Å²) in [7, 11) is 0. The van der Waals surface area contributed by atoms with Crippen LogP contribution in [0, 0.1) is 5.92 Å². The van der Waals surface area contributed by atoms with E-state index in [4.69, 9.17) is 4.98 Å². The maximum absolute atomic E-state index is 12.9. The molecule has 2 aromatic carbocycles. The van der Waals surface area contributed by atoms with E-state index in [9.17, 15) is 9.59 Å². The fourth-order valence-electron chi connectivity index (χ4n) is 5.00. The van der Waals surface area contributed by atoms with E-state index in [1.54, 1.807) is 0 Å². The number of carbonyl (C=O) groups is 1. The number of H-pyrrole nitrogens is 1. The third-order valence-electron chi connectivity index (χ3n) is 6.93. The lowest BCUT2D eigenvalue weighted by Crippen LogP contribution is -2.39. The van der Waals surface area contributed by atoms with E-state index in [-0.39, 0.29) is 17.4 Å². The Morgan fingerprint density at radius 3 is 2.61 bits per heavy atom. The summed E-state index contributed by atoms with van der Waals surface area (Å²) in [6.45, 7) is 3.49. The summed E-state index contributed by atoms with van der Waals surface area (Å²) >= 11 is 0. The van der Waals surface area contributed by atoms with Gasteiger partial charge in [0.25, 0.3) is 5.56 Å². The molecule has 0 radical (unpaired) electrons. The zero-order valence-electron chi connectivity index (χ0n) is 18.8. The maximum atomic E-state index is 12.9. The van der Waals surface area contributed by atoms with Crippen LogP contribution in [0.1, 0.15) is 35.2 Å². The van der Waals surface area contributed by atoms with Crippen LogP contribution in [0.4, 0.5) is 0 Å². The Kier molecular flexibility index (Phi) is 6.35. The average Bonchev–Trinajstić information content (AvgIpc) is 3.08. The molecule has 170 valence electrons. The number of rotatable bonds is 5. The van der Waals surface area contributed by atoms with Crippen LogP contribution in [0.15, 0.2) is 59.4 Å². The lowest BCUT2D eigenvalue weighted by atomic mass is 9.98. The normalized spacial score (nSPS) is 18.1. The van der Waals surface area contributed by atoms with Gasteiger partial charge in [-0.05, 0) is 43.2 Å². The molecule has 0 fully saturated rings. The minimum atomic E-state index is -0.0825. The summed E-state index contributed by atoms with van der Waals surface area (Å²) < 4.78 is 0. The summed E-state index contributed by atoms with van der Waals surface area (Å²) in [6, 6.07) is 18.3. The highest BCUT2D eigenvalue weighted by Gasteiger charge is 2.25. The molecule has 2 heterocycles. The third-order valence-corrected chi connectivity index (χ3v) is 6.93. The molecular weight excluding hydrogens is 412 g/mol. The number of fused-ring (bicyclic) bond motifs is 2. The highest BCUT2D eigenvalue weighted by molar-refractivity contribution is 5.78. The predicted octanol–water partition coefficient (Wildman–Crippen LogP) is 3.11. The zero-order chi connectivity index (χ0) is 22.6. The van der Waals surface area contributed by atoms with E-state index < -0.39 is 0 Å². The number of hydrogen-bond acceptors (Lipinski definition) is 4. The number of aromatic nitrogens is 2. The van der Waals surface area contributed by atoms with Crippen LogP contribution in [0.2, 0.25) is 0 Å². The topological polar surface area (TPSA) is 78.1 Å². The van der Waals surface area contributed by atoms with Gasteiger partial charge >= 0.3 is 0 Å². The molecular formula is C27H30N4O2. The molecule has 1 aliphatic carbocycles. The first-order valence-electron chi connectivity index (χ1n) is 11.9. The van der Waals surface area contributed by atoms with Crippen molar-refractivity contribution in [2.45, 2.75) is 38.6 Å². The van der Waals surface area contributed by atoms with Gasteiger partial charge in [0.15, 0.2) is 0 Å². The van der Waals surface area contributed by atoms with E-state index in [0.29, 0.717) is 31.6 Å². The smallest absolute Gasteiger partial charge is 0.254 e. The minimum absolute atomic E-state index is 0.0784. The second-order valence-corrected chi connectivity index (χ2v) is 9.07. The lowest BCUT2D eigenvalue weighted by Gasteiger charge is -2.28. The summed E-state index contributed by atoms with van der Waals surface area (Å²) in [6.07, 6.45) is 3.72. The Labute approximate surface area is 194 Å². The first-order chi connectivity index (χ1) is 16.2. The van der Waals surface area contributed by atoms with Crippen molar-refractivity contribution in [1.82, 2.24) is 20.2 Å². The fourth-order valence-corrected chi connectivity index (χ4v) is 5.00. The molecule has 1 unspecified atom stereocenters. The standard InChI is InChI=1S/C27H30N4O2/c32-26(28-15-17-31-16-14-19-6-4-5-9-22(19)18-31)21-10-12-23-24(13-11-21)29-25(30-27(23)33)20-7-2-1-3-8-20/h1-9,21H,10-18H2,(H,28,32)(H,29,30,33). The van der Waals surface area contributed by atoms with Crippen molar-refractivity contribution in [2.75, 3.05) is 19.6 Å². The molecule has 0 saturated carbocycles. The maximum Gasteiger partial charge on any atom is 0.254 e. The van der Waals surface area contributed by atoms with E-state index in [0.717, 1.165) is 49.3 Å². The lowest BCUT2D eigenvalue weighted by molar-refractivity contribution is -0.125. The van der Waals surface area contributed by atoms with Gasteiger partial charge in [-0.1, -0.05) is 54.6 Å². The van der Waals surface area contributed by atoms with Gasteiger partial charge < -0.3 is 10.3 Å². The largest absolute Gasteiger partial charge is 0.355 e. The average molecular weight is 443 g/mol. The van der Waals surface area contributed by atoms with E-state index in [1.165, 1.54) is 11.1 Å². The van der Waals surface area contributed by atoms with Gasteiger partial charge in [-0.25, -0.2) is 4.98 Å². The van der Waals surface area contributed by atoms with Crippen molar-refractivity contribution in [3.8, 4) is 11.4 Å². The Morgan fingerprint density at radius 1 is 1.00 bits per heavy atom. The van der Waals surface area contributed by atoms with Gasteiger partial charge in [0, 0.05) is 43.2 Å². The van der Waals surface area contributed by atoms with Crippen LogP contribution >= 0.6 is 0 Å². The van der Waals surface area contributed by atoms with E-state index in [1.807, 2.05) is 30.3 Å². The van der Waals surface area contributed by atoms with Crippen LogP contribution in [0.5, 0.6) is 0 Å². The molecule has 1 aromatic heterocycles. The molecule has 2 N–H and O–H groups in total. The SMILES string of the molecule is O=C(NCCN1CCc2ccccc2C1)C1CCc2nc(-c3ccccc3)[nH]c(=O)c2CC1. The molecule has 0 spiro atoms. The molecule has 6 nitrogen and oxygen atoms in total.